The lowest BCUT2D eigenvalue weighted by Crippen LogP contribution is -2.37. The van der Waals surface area contributed by atoms with Crippen LogP contribution in [0, 0.1) is 0 Å². The van der Waals surface area contributed by atoms with Crippen LogP contribution in [-0.2, 0) is 22.6 Å². The second kappa shape index (κ2) is 8.02. The number of carbonyl (C=O) groups is 2. The molecule has 28 heavy (non-hydrogen) atoms. The number of fused-ring (bicyclic) bond motifs is 1. The molecule has 0 spiro atoms. The Balaban J connectivity index is 1.38. The maximum absolute atomic E-state index is 12.6. The summed E-state index contributed by atoms with van der Waals surface area (Å²) in [4.78, 5) is 28.4. The van der Waals surface area contributed by atoms with Crippen molar-refractivity contribution in [1.29, 1.82) is 0 Å². The molecule has 0 bridgehead atoms. The quantitative estimate of drug-likeness (QED) is 0.868. The Kier molecular flexibility index (Phi) is 5.30. The second-order valence-electron chi connectivity index (χ2n) is 7.34. The molecule has 0 aromatic heterocycles. The van der Waals surface area contributed by atoms with Gasteiger partial charge >= 0.3 is 0 Å². The number of rotatable bonds is 5. The van der Waals surface area contributed by atoms with Gasteiger partial charge in [0.1, 0.15) is 5.75 Å². The van der Waals surface area contributed by atoms with Crippen LogP contribution < -0.4 is 15.0 Å². The maximum Gasteiger partial charge on any atom is 0.238 e. The first kappa shape index (κ1) is 18.5. The standard InChI is InChI=1S/C22H25N3O3/c1-28-20-8-7-16-9-11-24(14-17(16)12-20)15-21(26)23-18-4-2-5-19(13-18)25-10-3-6-22(25)27/h2,4-5,7-8,12-13H,3,6,9-11,14-15H2,1H3,(H,23,26). The van der Waals surface area contributed by atoms with E-state index in [1.807, 2.05) is 30.3 Å². The minimum Gasteiger partial charge on any atom is -0.497 e. The second-order valence-corrected chi connectivity index (χ2v) is 7.34. The van der Waals surface area contributed by atoms with E-state index in [1.54, 1.807) is 12.0 Å². The van der Waals surface area contributed by atoms with Gasteiger partial charge in [-0.2, -0.15) is 0 Å². The Bertz CT molecular complexity index is 896. The minimum atomic E-state index is -0.0451. The summed E-state index contributed by atoms with van der Waals surface area (Å²) in [6.07, 6.45) is 2.41. The molecule has 0 atom stereocenters. The molecule has 2 aromatic carbocycles. The monoisotopic (exact) mass is 379 g/mol. The fourth-order valence-corrected chi connectivity index (χ4v) is 3.93. The van der Waals surface area contributed by atoms with Crippen molar-refractivity contribution >= 4 is 23.2 Å². The molecule has 0 aliphatic carbocycles. The summed E-state index contributed by atoms with van der Waals surface area (Å²) < 4.78 is 5.31. The summed E-state index contributed by atoms with van der Waals surface area (Å²) >= 11 is 0. The van der Waals surface area contributed by atoms with E-state index in [0.717, 1.165) is 49.6 Å². The van der Waals surface area contributed by atoms with Crippen LogP contribution in [0.2, 0.25) is 0 Å². The number of carbonyl (C=O) groups excluding carboxylic acids is 2. The van der Waals surface area contributed by atoms with Crippen LogP contribution >= 0.6 is 0 Å². The van der Waals surface area contributed by atoms with Crippen molar-refractivity contribution < 1.29 is 14.3 Å². The largest absolute Gasteiger partial charge is 0.497 e. The Hall–Kier alpha value is -2.86. The Labute approximate surface area is 165 Å². The summed E-state index contributed by atoms with van der Waals surface area (Å²) in [6.45, 7) is 2.67. The predicted molar refractivity (Wildman–Crippen MR) is 109 cm³/mol. The lowest BCUT2D eigenvalue weighted by atomic mass is 9.99. The van der Waals surface area contributed by atoms with Gasteiger partial charge < -0.3 is 15.0 Å². The fourth-order valence-electron chi connectivity index (χ4n) is 3.93. The van der Waals surface area contributed by atoms with Crippen molar-refractivity contribution in [3.8, 4) is 5.75 Å². The van der Waals surface area contributed by atoms with Gasteiger partial charge in [0.25, 0.3) is 0 Å². The van der Waals surface area contributed by atoms with Crippen molar-refractivity contribution in [3.63, 3.8) is 0 Å². The van der Waals surface area contributed by atoms with E-state index in [9.17, 15) is 9.59 Å². The predicted octanol–water partition coefficient (Wildman–Crippen LogP) is 2.82. The average molecular weight is 379 g/mol. The third kappa shape index (κ3) is 4.02. The van der Waals surface area contributed by atoms with E-state index in [4.69, 9.17) is 4.74 Å². The number of amides is 2. The number of ether oxygens (including phenoxy) is 1. The first-order valence-electron chi connectivity index (χ1n) is 9.71. The van der Waals surface area contributed by atoms with Gasteiger partial charge in [-0.1, -0.05) is 12.1 Å². The summed E-state index contributed by atoms with van der Waals surface area (Å²) in [7, 11) is 1.67. The molecule has 146 valence electrons. The summed E-state index contributed by atoms with van der Waals surface area (Å²) in [5.41, 5.74) is 4.11. The van der Waals surface area contributed by atoms with Crippen molar-refractivity contribution in [2.45, 2.75) is 25.8 Å². The van der Waals surface area contributed by atoms with E-state index >= 15 is 0 Å². The van der Waals surface area contributed by atoms with Gasteiger partial charge in [-0.15, -0.1) is 0 Å². The molecule has 0 unspecified atom stereocenters. The highest BCUT2D eigenvalue weighted by atomic mass is 16.5. The molecule has 2 aliphatic rings. The molecular formula is C22H25N3O3. The first-order valence-corrected chi connectivity index (χ1v) is 9.71. The molecule has 0 radical (unpaired) electrons. The number of nitrogens with one attached hydrogen (secondary N) is 1. The van der Waals surface area contributed by atoms with Gasteiger partial charge in [0.15, 0.2) is 0 Å². The van der Waals surface area contributed by atoms with E-state index in [0.29, 0.717) is 13.0 Å². The molecule has 4 rings (SSSR count). The molecule has 6 nitrogen and oxygen atoms in total. The Morgan fingerprint density at radius 3 is 2.79 bits per heavy atom. The van der Waals surface area contributed by atoms with Gasteiger partial charge in [-0.3, -0.25) is 14.5 Å². The molecule has 2 aliphatic heterocycles. The van der Waals surface area contributed by atoms with E-state index in [-0.39, 0.29) is 11.8 Å². The zero-order valence-corrected chi connectivity index (χ0v) is 16.1. The lowest BCUT2D eigenvalue weighted by molar-refractivity contribution is -0.118. The third-order valence-corrected chi connectivity index (χ3v) is 5.39. The van der Waals surface area contributed by atoms with E-state index < -0.39 is 0 Å². The van der Waals surface area contributed by atoms with Crippen molar-refractivity contribution in [1.82, 2.24) is 4.90 Å². The Morgan fingerprint density at radius 2 is 2.00 bits per heavy atom. The molecule has 1 fully saturated rings. The normalized spacial score (nSPS) is 16.8. The van der Waals surface area contributed by atoms with Crippen LogP contribution in [0.3, 0.4) is 0 Å². The molecule has 1 saturated heterocycles. The van der Waals surface area contributed by atoms with E-state index in [2.05, 4.69) is 22.3 Å². The number of hydrogen-bond donors (Lipinski definition) is 1. The highest BCUT2D eigenvalue weighted by Gasteiger charge is 2.22. The molecule has 0 saturated carbocycles. The van der Waals surface area contributed by atoms with Gasteiger partial charge in [0.05, 0.1) is 13.7 Å². The lowest BCUT2D eigenvalue weighted by Gasteiger charge is -2.28. The van der Waals surface area contributed by atoms with Gasteiger partial charge in [0.2, 0.25) is 11.8 Å². The topological polar surface area (TPSA) is 61.9 Å². The summed E-state index contributed by atoms with van der Waals surface area (Å²) in [6, 6.07) is 13.7. The molecule has 2 aromatic rings. The Morgan fingerprint density at radius 1 is 1.11 bits per heavy atom. The van der Waals surface area contributed by atoms with Crippen LogP contribution in [0.15, 0.2) is 42.5 Å². The number of hydrogen-bond acceptors (Lipinski definition) is 4. The maximum atomic E-state index is 12.6. The average Bonchev–Trinajstić information content (AvgIpc) is 3.13. The van der Waals surface area contributed by atoms with Crippen LogP contribution in [-0.4, -0.2) is 43.5 Å². The van der Waals surface area contributed by atoms with Crippen LogP contribution in [0.4, 0.5) is 11.4 Å². The first-order chi connectivity index (χ1) is 13.6. The zero-order chi connectivity index (χ0) is 19.5. The van der Waals surface area contributed by atoms with Crippen molar-refractivity contribution in [2.24, 2.45) is 0 Å². The van der Waals surface area contributed by atoms with Crippen molar-refractivity contribution in [3.05, 3.63) is 53.6 Å². The highest BCUT2D eigenvalue weighted by molar-refractivity contribution is 5.97. The smallest absolute Gasteiger partial charge is 0.238 e. The van der Waals surface area contributed by atoms with Gasteiger partial charge in [-0.25, -0.2) is 0 Å². The molecule has 2 amide bonds. The molecule has 1 N–H and O–H groups in total. The number of methoxy groups -OCH3 is 1. The third-order valence-electron chi connectivity index (χ3n) is 5.39. The van der Waals surface area contributed by atoms with Crippen molar-refractivity contribution in [2.75, 3.05) is 37.0 Å². The van der Waals surface area contributed by atoms with Crippen LogP contribution in [0.1, 0.15) is 24.0 Å². The van der Waals surface area contributed by atoms with Gasteiger partial charge in [-0.05, 0) is 54.3 Å². The number of anilines is 2. The number of nitrogens with zero attached hydrogens (tertiary/aromatic N) is 2. The zero-order valence-electron chi connectivity index (χ0n) is 16.1. The van der Waals surface area contributed by atoms with Crippen LogP contribution in [0.5, 0.6) is 5.75 Å². The highest BCUT2D eigenvalue weighted by Crippen LogP contribution is 2.25. The number of benzene rings is 2. The minimum absolute atomic E-state index is 0.0451. The fraction of sp³-hybridized carbons (Fsp3) is 0.364. The summed E-state index contributed by atoms with van der Waals surface area (Å²) in [5.74, 6) is 0.945. The van der Waals surface area contributed by atoms with Crippen LogP contribution in [0.25, 0.3) is 0 Å². The van der Waals surface area contributed by atoms with E-state index in [1.165, 1.54) is 11.1 Å². The van der Waals surface area contributed by atoms with Gasteiger partial charge in [0, 0.05) is 37.4 Å². The molecule has 6 heteroatoms. The molecule has 2 heterocycles. The SMILES string of the molecule is COc1ccc2c(c1)CN(CC(=O)Nc1cccc(N3CCCC3=O)c1)CC2. The molecular weight excluding hydrogens is 354 g/mol. The summed E-state index contributed by atoms with van der Waals surface area (Å²) in [5, 5.41) is 2.97.